The van der Waals surface area contributed by atoms with Crippen LogP contribution >= 0.6 is 0 Å². The third-order valence-corrected chi connectivity index (χ3v) is 2.81. The van der Waals surface area contributed by atoms with Crippen LogP contribution in [0.2, 0.25) is 0 Å². The van der Waals surface area contributed by atoms with E-state index >= 15 is 0 Å². The fourth-order valence-corrected chi connectivity index (χ4v) is 1.75. The Morgan fingerprint density at radius 1 is 1.47 bits per heavy atom. The predicted molar refractivity (Wildman–Crippen MR) is 69.0 cm³/mol. The van der Waals surface area contributed by atoms with E-state index < -0.39 is 5.97 Å². The highest BCUT2D eigenvalue weighted by molar-refractivity contribution is 5.69. The molecule has 1 aromatic carbocycles. The molecule has 0 bridgehead atoms. The molecule has 0 aliphatic carbocycles. The maximum absolute atomic E-state index is 10.8. The minimum absolute atomic E-state index is 0.0288. The van der Waals surface area contributed by atoms with Gasteiger partial charge in [0.2, 0.25) is 0 Å². The maximum atomic E-state index is 10.8. The molecule has 0 fully saturated rings. The molecule has 0 spiro atoms. The lowest BCUT2D eigenvalue weighted by molar-refractivity contribution is -0.138. The van der Waals surface area contributed by atoms with E-state index in [4.69, 9.17) is 5.11 Å². The number of carboxylic acid groups (broad SMARTS) is 1. The van der Waals surface area contributed by atoms with E-state index in [1.54, 1.807) is 6.08 Å². The Kier molecular flexibility index (Phi) is 4.91. The standard InChI is InChI=1S/C14H19NO2/c1-4-9-15(10-14(16)17)12(3)13-7-5-11(2)6-8-13/h4-8,12H,1,9-10H2,2-3H3,(H,16,17). The lowest BCUT2D eigenvalue weighted by Crippen LogP contribution is -2.32. The summed E-state index contributed by atoms with van der Waals surface area (Å²) in [5, 5.41) is 8.87. The number of carbonyl (C=O) groups is 1. The molecule has 0 amide bonds. The van der Waals surface area contributed by atoms with Gasteiger partial charge in [-0.15, -0.1) is 6.58 Å². The van der Waals surface area contributed by atoms with Gasteiger partial charge in [0.25, 0.3) is 0 Å². The van der Waals surface area contributed by atoms with Gasteiger partial charge in [-0.1, -0.05) is 35.9 Å². The van der Waals surface area contributed by atoms with E-state index in [1.807, 2.05) is 43.0 Å². The molecule has 3 nitrogen and oxygen atoms in total. The minimum Gasteiger partial charge on any atom is -0.480 e. The average molecular weight is 233 g/mol. The number of nitrogens with zero attached hydrogens (tertiary/aromatic N) is 1. The monoisotopic (exact) mass is 233 g/mol. The number of carboxylic acids is 1. The Morgan fingerprint density at radius 2 is 2.06 bits per heavy atom. The highest BCUT2D eigenvalue weighted by atomic mass is 16.4. The summed E-state index contributed by atoms with van der Waals surface area (Å²) >= 11 is 0. The SMILES string of the molecule is C=CCN(CC(=O)O)C(C)c1ccc(C)cc1. The molecule has 1 atom stereocenters. The lowest BCUT2D eigenvalue weighted by atomic mass is 10.1. The number of aryl methyl sites for hydroxylation is 1. The van der Waals surface area contributed by atoms with E-state index in [9.17, 15) is 4.79 Å². The molecule has 0 aliphatic heterocycles. The molecule has 1 N–H and O–H groups in total. The van der Waals surface area contributed by atoms with Crippen LogP contribution in [0.15, 0.2) is 36.9 Å². The van der Waals surface area contributed by atoms with Crippen molar-refractivity contribution in [2.24, 2.45) is 0 Å². The van der Waals surface area contributed by atoms with E-state index in [2.05, 4.69) is 6.58 Å². The second-order valence-corrected chi connectivity index (χ2v) is 4.20. The van der Waals surface area contributed by atoms with E-state index in [-0.39, 0.29) is 12.6 Å². The summed E-state index contributed by atoms with van der Waals surface area (Å²) in [6.45, 7) is 8.31. The van der Waals surface area contributed by atoms with Gasteiger partial charge in [-0.2, -0.15) is 0 Å². The molecule has 0 heterocycles. The van der Waals surface area contributed by atoms with Crippen LogP contribution in [-0.4, -0.2) is 29.1 Å². The summed E-state index contributed by atoms with van der Waals surface area (Å²) in [5.74, 6) is -0.814. The van der Waals surface area contributed by atoms with Crippen molar-refractivity contribution in [2.45, 2.75) is 19.9 Å². The number of hydrogen-bond acceptors (Lipinski definition) is 2. The van der Waals surface area contributed by atoms with Gasteiger partial charge in [0.1, 0.15) is 0 Å². The largest absolute Gasteiger partial charge is 0.480 e. The van der Waals surface area contributed by atoms with Crippen molar-refractivity contribution < 1.29 is 9.90 Å². The zero-order valence-electron chi connectivity index (χ0n) is 10.4. The van der Waals surface area contributed by atoms with E-state index in [1.165, 1.54) is 5.56 Å². The first-order valence-electron chi connectivity index (χ1n) is 5.68. The van der Waals surface area contributed by atoms with Crippen molar-refractivity contribution in [3.63, 3.8) is 0 Å². The van der Waals surface area contributed by atoms with Crippen LogP contribution in [0.25, 0.3) is 0 Å². The molecule has 0 radical (unpaired) electrons. The maximum Gasteiger partial charge on any atom is 0.317 e. The second kappa shape index (κ2) is 6.21. The fourth-order valence-electron chi connectivity index (χ4n) is 1.75. The number of hydrogen-bond donors (Lipinski definition) is 1. The zero-order valence-corrected chi connectivity index (χ0v) is 10.4. The summed E-state index contributed by atoms with van der Waals surface area (Å²) < 4.78 is 0. The predicted octanol–water partition coefficient (Wildman–Crippen LogP) is 2.63. The van der Waals surface area contributed by atoms with Crippen molar-refractivity contribution in [3.05, 3.63) is 48.0 Å². The first-order chi connectivity index (χ1) is 8.04. The van der Waals surface area contributed by atoms with E-state index in [0.717, 1.165) is 5.56 Å². The summed E-state index contributed by atoms with van der Waals surface area (Å²) in [6, 6.07) is 8.23. The second-order valence-electron chi connectivity index (χ2n) is 4.20. The van der Waals surface area contributed by atoms with E-state index in [0.29, 0.717) is 6.54 Å². The Bertz CT molecular complexity index is 384. The van der Waals surface area contributed by atoms with Crippen molar-refractivity contribution in [1.29, 1.82) is 0 Å². The fraction of sp³-hybridized carbons (Fsp3) is 0.357. The molecule has 0 saturated carbocycles. The van der Waals surface area contributed by atoms with Gasteiger partial charge >= 0.3 is 5.97 Å². The average Bonchev–Trinajstić information content (AvgIpc) is 2.28. The zero-order chi connectivity index (χ0) is 12.8. The van der Waals surface area contributed by atoms with Gasteiger partial charge in [-0.25, -0.2) is 0 Å². The molecule has 0 aliphatic rings. The van der Waals surface area contributed by atoms with Gasteiger partial charge in [-0.05, 0) is 19.4 Å². The van der Waals surface area contributed by atoms with Crippen molar-refractivity contribution in [1.82, 2.24) is 4.90 Å². The lowest BCUT2D eigenvalue weighted by Gasteiger charge is -2.26. The molecule has 1 rings (SSSR count). The third-order valence-electron chi connectivity index (χ3n) is 2.81. The summed E-state index contributed by atoms with van der Waals surface area (Å²) in [6.07, 6.45) is 1.73. The normalized spacial score (nSPS) is 12.4. The Hall–Kier alpha value is -1.61. The molecule has 0 saturated heterocycles. The van der Waals surface area contributed by atoms with Gasteiger partial charge in [0.15, 0.2) is 0 Å². The summed E-state index contributed by atoms with van der Waals surface area (Å²) in [5.41, 5.74) is 2.33. The van der Waals surface area contributed by atoms with Crippen LogP contribution in [0.4, 0.5) is 0 Å². The van der Waals surface area contributed by atoms with Crippen LogP contribution in [0, 0.1) is 6.92 Å². The third kappa shape index (κ3) is 4.04. The number of aliphatic carboxylic acids is 1. The Balaban J connectivity index is 2.82. The first-order valence-corrected chi connectivity index (χ1v) is 5.68. The molecule has 17 heavy (non-hydrogen) atoms. The Morgan fingerprint density at radius 3 is 2.53 bits per heavy atom. The van der Waals surface area contributed by atoms with Crippen molar-refractivity contribution >= 4 is 5.97 Å². The molecule has 1 unspecified atom stereocenters. The molecule has 3 heteroatoms. The molecule has 0 aromatic heterocycles. The molecule has 92 valence electrons. The quantitative estimate of drug-likeness (QED) is 0.768. The van der Waals surface area contributed by atoms with Crippen molar-refractivity contribution in [3.8, 4) is 0 Å². The highest BCUT2D eigenvalue weighted by Crippen LogP contribution is 2.20. The highest BCUT2D eigenvalue weighted by Gasteiger charge is 2.16. The number of rotatable bonds is 6. The van der Waals surface area contributed by atoms with Gasteiger partial charge in [0.05, 0.1) is 6.54 Å². The van der Waals surface area contributed by atoms with Gasteiger partial charge in [0, 0.05) is 12.6 Å². The molecular formula is C14H19NO2. The van der Waals surface area contributed by atoms with Crippen LogP contribution < -0.4 is 0 Å². The first kappa shape index (κ1) is 13.5. The molecular weight excluding hydrogens is 214 g/mol. The Labute approximate surface area is 102 Å². The smallest absolute Gasteiger partial charge is 0.317 e. The van der Waals surface area contributed by atoms with Gasteiger partial charge < -0.3 is 5.11 Å². The summed E-state index contributed by atoms with van der Waals surface area (Å²) in [7, 11) is 0. The van der Waals surface area contributed by atoms with Crippen LogP contribution in [0.5, 0.6) is 0 Å². The van der Waals surface area contributed by atoms with Crippen LogP contribution in [0.1, 0.15) is 24.1 Å². The van der Waals surface area contributed by atoms with Crippen LogP contribution in [-0.2, 0) is 4.79 Å². The van der Waals surface area contributed by atoms with Gasteiger partial charge in [-0.3, -0.25) is 9.69 Å². The summed E-state index contributed by atoms with van der Waals surface area (Å²) in [4.78, 5) is 12.7. The van der Waals surface area contributed by atoms with Crippen molar-refractivity contribution in [2.75, 3.05) is 13.1 Å². The minimum atomic E-state index is -0.814. The topological polar surface area (TPSA) is 40.5 Å². The van der Waals surface area contributed by atoms with Crippen LogP contribution in [0.3, 0.4) is 0 Å². The number of benzene rings is 1. The molecule has 1 aromatic rings.